The summed E-state index contributed by atoms with van der Waals surface area (Å²) in [5.41, 5.74) is 2.37. The largest absolute Gasteiger partial charge is 0.593 e. The maximum atomic E-state index is 13.2. The Bertz CT molecular complexity index is 908. The second-order valence-corrected chi connectivity index (χ2v) is 10.5. The number of likely N-dealkylation sites (tertiary alicyclic amines) is 1. The first-order valence-corrected chi connectivity index (χ1v) is 12.3. The summed E-state index contributed by atoms with van der Waals surface area (Å²) in [5, 5.41) is 0. The van der Waals surface area contributed by atoms with Crippen molar-refractivity contribution >= 4 is 16.3 Å². The van der Waals surface area contributed by atoms with Gasteiger partial charge in [-0.05, 0) is 56.2 Å². The maximum Gasteiger partial charge on any atom is 0.227 e. The standard InChI is InChI=1S/C24H30N2O3S/c1-19-9-11-23(12-10-19)30(28,29)26-15-5-8-22(18-26)24(27)25-16-13-21(14-17-25)20-6-3-2-4-7-20/h2-4,6-7,9-12,21-22H,5,8,13-18H2,1H3. The lowest BCUT2D eigenvalue weighted by Gasteiger charge is -2.38. The predicted octanol–water partition coefficient (Wildman–Crippen LogP) is 4.02. The minimum atomic E-state index is -3.56. The van der Waals surface area contributed by atoms with Gasteiger partial charge in [-0.25, -0.2) is 0 Å². The van der Waals surface area contributed by atoms with Crippen LogP contribution in [0.15, 0.2) is 59.5 Å². The van der Waals surface area contributed by atoms with Gasteiger partial charge in [-0.2, -0.15) is 0 Å². The van der Waals surface area contributed by atoms with Crippen LogP contribution < -0.4 is 0 Å². The van der Waals surface area contributed by atoms with Crippen LogP contribution in [0.1, 0.15) is 42.7 Å². The van der Waals surface area contributed by atoms with Crippen LogP contribution in [-0.4, -0.2) is 45.8 Å². The third kappa shape index (κ3) is 4.51. The monoisotopic (exact) mass is 426 g/mol. The highest BCUT2D eigenvalue weighted by Gasteiger charge is 2.39. The molecular weight excluding hydrogens is 396 g/mol. The van der Waals surface area contributed by atoms with Gasteiger partial charge in [0.25, 0.3) is 0 Å². The molecule has 2 aromatic rings. The second kappa shape index (κ2) is 9.00. The van der Waals surface area contributed by atoms with Gasteiger partial charge in [-0.15, -0.1) is 4.31 Å². The van der Waals surface area contributed by atoms with Crippen LogP contribution in [-0.2, 0) is 19.4 Å². The van der Waals surface area contributed by atoms with Crippen molar-refractivity contribution in [1.29, 1.82) is 0 Å². The summed E-state index contributed by atoms with van der Waals surface area (Å²) in [6, 6.07) is 17.4. The lowest BCUT2D eigenvalue weighted by molar-refractivity contribution is -0.137. The maximum absolute atomic E-state index is 13.2. The number of piperidine rings is 2. The van der Waals surface area contributed by atoms with E-state index in [0.29, 0.717) is 17.4 Å². The molecule has 0 aromatic heterocycles. The topological polar surface area (TPSA) is 63.7 Å². The van der Waals surface area contributed by atoms with Gasteiger partial charge in [0.05, 0.1) is 12.5 Å². The summed E-state index contributed by atoms with van der Waals surface area (Å²) >= 11 is 0. The Balaban J connectivity index is 1.38. The lowest BCUT2D eigenvalue weighted by atomic mass is 9.88. The van der Waals surface area contributed by atoms with E-state index in [1.54, 1.807) is 12.1 Å². The van der Waals surface area contributed by atoms with Gasteiger partial charge in [-0.3, -0.25) is 4.79 Å². The molecule has 2 aliphatic heterocycles. The second-order valence-electron chi connectivity index (χ2n) is 8.53. The smallest absolute Gasteiger partial charge is 0.227 e. The normalized spacial score (nSPS) is 23.1. The predicted molar refractivity (Wildman–Crippen MR) is 118 cm³/mol. The van der Waals surface area contributed by atoms with Crippen LogP contribution in [0, 0.1) is 12.8 Å². The molecule has 1 amide bonds. The quantitative estimate of drug-likeness (QED) is 0.694. The summed E-state index contributed by atoms with van der Waals surface area (Å²) in [6.45, 7) is 4.20. The Morgan fingerprint density at radius 2 is 1.63 bits per heavy atom. The fourth-order valence-corrected chi connectivity index (χ4v) is 6.16. The first-order valence-electron chi connectivity index (χ1n) is 10.9. The average molecular weight is 427 g/mol. The molecule has 2 unspecified atom stereocenters. The highest BCUT2D eigenvalue weighted by molar-refractivity contribution is 7.95. The third-order valence-electron chi connectivity index (χ3n) is 6.47. The highest BCUT2D eigenvalue weighted by atomic mass is 32.3. The van der Waals surface area contributed by atoms with Gasteiger partial charge >= 0.3 is 0 Å². The van der Waals surface area contributed by atoms with Crippen LogP contribution in [0.5, 0.6) is 0 Å². The molecule has 0 spiro atoms. The van der Waals surface area contributed by atoms with Crippen LogP contribution >= 0.6 is 0 Å². The molecule has 0 saturated carbocycles. The molecule has 2 atom stereocenters. The number of aryl methyl sites for hydroxylation is 1. The molecule has 4 rings (SSSR count). The number of carbonyl (C=O) groups is 1. The molecule has 0 bridgehead atoms. The number of nitrogens with zero attached hydrogens (tertiary/aromatic N) is 2. The zero-order valence-electron chi connectivity index (χ0n) is 17.5. The number of hydrogen-bond donors (Lipinski definition) is 0. The fourth-order valence-electron chi connectivity index (χ4n) is 4.64. The van der Waals surface area contributed by atoms with E-state index in [1.807, 2.05) is 30.0 Å². The first-order chi connectivity index (χ1) is 14.4. The van der Waals surface area contributed by atoms with E-state index in [2.05, 4.69) is 24.3 Å². The van der Waals surface area contributed by atoms with Gasteiger partial charge in [0, 0.05) is 19.6 Å². The molecular formula is C24H30N2O3S. The molecule has 0 aliphatic carbocycles. The third-order valence-corrected chi connectivity index (χ3v) is 8.35. The Labute approximate surface area is 180 Å². The molecule has 0 radical (unpaired) electrons. The van der Waals surface area contributed by atoms with Gasteiger partial charge < -0.3 is 9.45 Å². The highest BCUT2D eigenvalue weighted by Crippen LogP contribution is 2.31. The van der Waals surface area contributed by atoms with Crippen molar-refractivity contribution in [3.8, 4) is 0 Å². The Morgan fingerprint density at radius 1 is 0.967 bits per heavy atom. The van der Waals surface area contributed by atoms with Gasteiger partial charge in [0.2, 0.25) is 5.91 Å². The van der Waals surface area contributed by atoms with Crippen molar-refractivity contribution in [1.82, 2.24) is 9.21 Å². The van der Waals surface area contributed by atoms with Crippen molar-refractivity contribution in [3.63, 3.8) is 0 Å². The molecule has 2 saturated heterocycles. The Morgan fingerprint density at radius 3 is 2.30 bits per heavy atom. The van der Waals surface area contributed by atoms with Gasteiger partial charge in [0.1, 0.15) is 0 Å². The summed E-state index contributed by atoms with van der Waals surface area (Å²) in [5.74, 6) is 0.373. The first kappa shape index (κ1) is 21.2. The minimum absolute atomic E-state index is 0.116. The summed E-state index contributed by atoms with van der Waals surface area (Å²) < 4.78 is 27.6. The number of benzene rings is 2. The van der Waals surface area contributed by atoms with Crippen LogP contribution in [0.25, 0.3) is 0 Å². The Kier molecular flexibility index (Phi) is 6.37. The van der Waals surface area contributed by atoms with Gasteiger partial charge in [0.15, 0.2) is 15.3 Å². The van der Waals surface area contributed by atoms with Crippen molar-refractivity contribution in [2.24, 2.45) is 5.92 Å². The molecule has 5 nitrogen and oxygen atoms in total. The van der Waals surface area contributed by atoms with Crippen LogP contribution in [0.2, 0.25) is 0 Å². The van der Waals surface area contributed by atoms with E-state index in [0.717, 1.165) is 44.3 Å². The van der Waals surface area contributed by atoms with E-state index in [1.165, 1.54) is 9.87 Å². The number of rotatable bonds is 4. The van der Waals surface area contributed by atoms with Crippen molar-refractivity contribution in [2.45, 2.75) is 43.4 Å². The van der Waals surface area contributed by atoms with E-state index in [9.17, 15) is 13.6 Å². The van der Waals surface area contributed by atoms with E-state index in [4.69, 9.17) is 0 Å². The van der Waals surface area contributed by atoms with Crippen LogP contribution in [0.4, 0.5) is 0 Å². The number of carbonyl (C=O) groups excluding carboxylic acids is 1. The van der Waals surface area contributed by atoms with Crippen molar-refractivity contribution in [3.05, 3.63) is 65.7 Å². The van der Waals surface area contributed by atoms with Crippen LogP contribution in [0.3, 0.4) is 0 Å². The summed E-state index contributed by atoms with van der Waals surface area (Å²) in [4.78, 5) is 15.4. The average Bonchev–Trinajstić information content (AvgIpc) is 2.80. The number of sulfonamides is 1. The van der Waals surface area contributed by atoms with E-state index in [-0.39, 0.29) is 18.4 Å². The minimum Gasteiger partial charge on any atom is -0.593 e. The van der Waals surface area contributed by atoms with E-state index >= 15 is 0 Å². The summed E-state index contributed by atoms with van der Waals surface area (Å²) in [6.07, 6.45) is 3.42. The Hall–Kier alpha value is -2.02. The fraction of sp³-hybridized carbons (Fsp3) is 0.458. The molecule has 6 heteroatoms. The molecule has 2 aliphatic rings. The molecule has 2 fully saturated rings. The van der Waals surface area contributed by atoms with Gasteiger partial charge in [-0.1, -0.05) is 52.2 Å². The molecule has 2 heterocycles. The number of hydrogen-bond acceptors (Lipinski definition) is 3. The zero-order chi connectivity index (χ0) is 21.1. The zero-order valence-corrected chi connectivity index (χ0v) is 18.4. The molecule has 2 aromatic carbocycles. The van der Waals surface area contributed by atoms with Crippen molar-refractivity contribution in [2.75, 3.05) is 26.2 Å². The molecule has 160 valence electrons. The van der Waals surface area contributed by atoms with Crippen molar-refractivity contribution < 1.29 is 13.6 Å². The summed E-state index contributed by atoms with van der Waals surface area (Å²) in [7, 11) is -3.56. The number of amides is 1. The molecule has 0 N–H and O–H groups in total. The molecule has 30 heavy (non-hydrogen) atoms. The lowest BCUT2D eigenvalue weighted by Crippen LogP contribution is -2.49. The SMILES string of the molecule is Cc1ccc([S+](=O)([O-])N2CCCC(C(=O)N3CCC(c4ccccc4)CC3)C2)cc1. The van der Waals surface area contributed by atoms with E-state index < -0.39 is 10.4 Å².